The third-order valence-corrected chi connectivity index (χ3v) is 3.25. The first-order valence-corrected chi connectivity index (χ1v) is 6.62. The van der Waals surface area contributed by atoms with Crippen molar-refractivity contribution in [2.75, 3.05) is 19.0 Å². The molecule has 1 heterocycles. The van der Waals surface area contributed by atoms with Gasteiger partial charge in [-0.1, -0.05) is 39.0 Å². The molecule has 2 heteroatoms. The lowest BCUT2D eigenvalue weighted by molar-refractivity contribution is 0.569. The number of pyridine rings is 1. The van der Waals surface area contributed by atoms with Crippen LogP contribution in [0, 0.1) is 0 Å². The molecule has 0 N–H and O–H groups in total. The van der Waals surface area contributed by atoms with Crippen LogP contribution in [-0.4, -0.2) is 19.1 Å². The minimum atomic E-state index is 0.104. The molecule has 0 aliphatic rings. The Bertz CT molecular complexity index is 531. The second-order valence-electron chi connectivity index (χ2n) is 6.12. The zero-order chi connectivity index (χ0) is 14.0. The average molecular weight is 254 g/mol. The largest absolute Gasteiger partial charge is 0.378 e. The van der Waals surface area contributed by atoms with Gasteiger partial charge in [-0.25, -0.2) is 0 Å². The van der Waals surface area contributed by atoms with E-state index in [1.807, 2.05) is 6.20 Å². The van der Waals surface area contributed by atoms with Crippen LogP contribution in [0.25, 0.3) is 11.1 Å². The summed E-state index contributed by atoms with van der Waals surface area (Å²) in [5.74, 6) is 0. The summed E-state index contributed by atoms with van der Waals surface area (Å²) < 4.78 is 0. The van der Waals surface area contributed by atoms with Crippen molar-refractivity contribution in [1.82, 2.24) is 4.98 Å². The normalized spacial score (nSPS) is 11.4. The van der Waals surface area contributed by atoms with E-state index in [9.17, 15) is 0 Å². The number of nitrogens with zero attached hydrogens (tertiary/aromatic N) is 2. The summed E-state index contributed by atoms with van der Waals surface area (Å²) in [6.45, 7) is 6.54. The Morgan fingerprint density at radius 2 is 1.42 bits per heavy atom. The van der Waals surface area contributed by atoms with Crippen LogP contribution in [0.3, 0.4) is 0 Å². The molecule has 0 atom stereocenters. The quantitative estimate of drug-likeness (QED) is 0.801. The summed E-state index contributed by atoms with van der Waals surface area (Å²) in [7, 11) is 4.10. The first-order chi connectivity index (χ1) is 8.88. The van der Waals surface area contributed by atoms with Crippen molar-refractivity contribution in [3.05, 3.63) is 48.3 Å². The fourth-order valence-electron chi connectivity index (χ4n) is 1.96. The highest BCUT2D eigenvalue weighted by atomic mass is 15.1. The van der Waals surface area contributed by atoms with Gasteiger partial charge in [0.2, 0.25) is 0 Å². The molecule has 19 heavy (non-hydrogen) atoms. The molecular weight excluding hydrogens is 232 g/mol. The van der Waals surface area contributed by atoms with Crippen LogP contribution >= 0.6 is 0 Å². The van der Waals surface area contributed by atoms with Crippen molar-refractivity contribution < 1.29 is 0 Å². The lowest BCUT2D eigenvalue weighted by Gasteiger charge is -2.17. The van der Waals surface area contributed by atoms with Gasteiger partial charge < -0.3 is 4.90 Å². The Kier molecular flexibility index (Phi) is 3.61. The van der Waals surface area contributed by atoms with Crippen molar-refractivity contribution in [1.29, 1.82) is 0 Å². The maximum Gasteiger partial charge on any atom is 0.0457 e. The maximum atomic E-state index is 4.57. The molecule has 1 aromatic carbocycles. The predicted octanol–water partition coefficient (Wildman–Crippen LogP) is 4.11. The molecule has 2 aromatic rings. The van der Waals surface area contributed by atoms with Crippen LogP contribution in [0.15, 0.2) is 42.6 Å². The van der Waals surface area contributed by atoms with Crippen LogP contribution in [0.4, 0.5) is 5.69 Å². The summed E-state index contributed by atoms with van der Waals surface area (Å²) >= 11 is 0. The predicted molar refractivity (Wildman–Crippen MR) is 82.7 cm³/mol. The van der Waals surface area contributed by atoms with Crippen molar-refractivity contribution in [3.63, 3.8) is 0 Å². The van der Waals surface area contributed by atoms with E-state index >= 15 is 0 Å². The Hall–Kier alpha value is -1.83. The highest BCUT2D eigenvalue weighted by Crippen LogP contribution is 2.25. The highest BCUT2D eigenvalue weighted by molar-refractivity contribution is 5.65. The monoisotopic (exact) mass is 254 g/mol. The van der Waals surface area contributed by atoms with E-state index in [0.29, 0.717) is 0 Å². The van der Waals surface area contributed by atoms with E-state index in [1.165, 1.54) is 16.8 Å². The Labute approximate surface area is 116 Å². The van der Waals surface area contributed by atoms with Crippen LogP contribution < -0.4 is 4.90 Å². The lowest BCUT2D eigenvalue weighted by Crippen LogP contribution is -2.12. The zero-order valence-electron chi connectivity index (χ0n) is 12.4. The maximum absolute atomic E-state index is 4.57. The molecule has 0 spiro atoms. The molecule has 2 nitrogen and oxygen atoms in total. The van der Waals surface area contributed by atoms with E-state index in [2.05, 4.69) is 81.1 Å². The second-order valence-corrected chi connectivity index (χ2v) is 6.12. The third-order valence-electron chi connectivity index (χ3n) is 3.25. The fraction of sp³-hybridized carbons (Fsp3) is 0.353. The van der Waals surface area contributed by atoms with Crippen molar-refractivity contribution >= 4 is 5.69 Å². The number of benzene rings is 1. The van der Waals surface area contributed by atoms with Gasteiger partial charge in [-0.05, 0) is 23.8 Å². The van der Waals surface area contributed by atoms with Gasteiger partial charge in [0.05, 0.1) is 0 Å². The van der Waals surface area contributed by atoms with Gasteiger partial charge in [-0.3, -0.25) is 4.98 Å². The van der Waals surface area contributed by atoms with Gasteiger partial charge in [-0.15, -0.1) is 0 Å². The minimum Gasteiger partial charge on any atom is -0.378 e. The lowest BCUT2D eigenvalue weighted by atomic mass is 9.91. The van der Waals surface area contributed by atoms with Gasteiger partial charge in [0.25, 0.3) is 0 Å². The Morgan fingerprint density at radius 1 is 0.842 bits per heavy atom. The Balaban J connectivity index is 2.27. The van der Waals surface area contributed by atoms with E-state index in [0.717, 1.165) is 5.69 Å². The molecular formula is C17H22N2. The molecule has 0 unspecified atom stereocenters. The summed E-state index contributed by atoms with van der Waals surface area (Å²) in [6.07, 6.45) is 1.96. The molecule has 0 aliphatic heterocycles. The molecule has 100 valence electrons. The second kappa shape index (κ2) is 5.04. The van der Waals surface area contributed by atoms with Gasteiger partial charge in [0.1, 0.15) is 0 Å². The molecule has 2 rings (SSSR count). The third kappa shape index (κ3) is 3.14. The van der Waals surface area contributed by atoms with E-state index in [1.54, 1.807) is 0 Å². The van der Waals surface area contributed by atoms with Gasteiger partial charge in [0.15, 0.2) is 0 Å². The number of rotatable bonds is 2. The fourth-order valence-corrected chi connectivity index (χ4v) is 1.96. The number of anilines is 1. The summed E-state index contributed by atoms with van der Waals surface area (Å²) in [6, 6.07) is 12.8. The minimum absolute atomic E-state index is 0.104. The summed E-state index contributed by atoms with van der Waals surface area (Å²) in [4.78, 5) is 6.68. The van der Waals surface area contributed by atoms with Crippen LogP contribution in [0.5, 0.6) is 0 Å². The SMILES string of the molecule is CN(C)c1ccc(-c2ccc(C(C)(C)C)nc2)cc1. The molecule has 0 saturated heterocycles. The first-order valence-electron chi connectivity index (χ1n) is 6.62. The smallest absolute Gasteiger partial charge is 0.0457 e. The van der Waals surface area contributed by atoms with E-state index < -0.39 is 0 Å². The van der Waals surface area contributed by atoms with E-state index in [4.69, 9.17) is 0 Å². The highest BCUT2D eigenvalue weighted by Gasteiger charge is 2.14. The molecule has 0 amide bonds. The molecule has 0 aliphatic carbocycles. The van der Waals surface area contributed by atoms with Gasteiger partial charge in [-0.2, -0.15) is 0 Å². The van der Waals surface area contributed by atoms with Crippen molar-refractivity contribution in [3.8, 4) is 11.1 Å². The standard InChI is InChI=1S/C17H22N2/c1-17(2,3)16-11-8-14(12-18-16)13-6-9-15(10-7-13)19(4)5/h6-12H,1-5H3. The number of hydrogen-bond acceptors (Lipinski definition) is 2. The topological polar surface area (TPSA) is 16.1 Å². The zero-order valence-corrected chi connectivity index (χ0v) is 12.4. The van der Waals surface area contributed by atoms with Gasteiger partial charge in [0, 0.05) is 42.7 Å². The molecule has 0 fully saturated rings. The van der Waals surface area contributed by atoms with Crippen molar-refractivity contribution in [2.24, 2.45) is 0 Å². The summed E-state index contributed by atoms with van der Waals surface area (Å²) in [5, 5.41) is 0. The summed E-state index contributed by atoms with van der Waals surface area (Å²) in [5.41, 5.74) is 4.81. The molecule has 0 saturated carbocycles. The average Bonchev–Trinajstić information content (AvgIpc) is 2.38. The molecule has 0 bridgehead atoms. The van der Waals surface area contributed by atoms with E-state index in [-0.39, 0.29) is 5.41 Å². The van der Waals surface area contributed by atoms with Gasteiger partial charge >= 0.3 is 0 Å². The molecule has 1 aromatic heterocycles. The molecule has 0 radical (unpaired) electrons. The van der Waals surface area contributed by atoms with Crippen molar-refractivity contribution in [2.45, 2.75) is 26.2 Å². The van der Waals surface area contributed by atoms with Crippen LogP contribution in [0.2, 0.25) is 0 Å². The first kappa shape index (κ1) is 13.6. The Morgan fingerprint density at radius 3 is 1.84 bits per heavy atom. The number of aromatic nitrogens is 1. The van der Waals surface area contributed by atoms with Crippen LogP contribution in [0.1, 0.15) is 26.5 Å². The number of hydrogen-bond donors (Lipinski definition) is 0. The van der Waals surface area contributed by atoms with Crippen LogP contribution in [-0.2, 0) is 5.41 Å².